The molecule has 0 spiro atoms. The van der Waals surface area contributed by atoms with Gasteiger partial charge in [-0.3, -0.25) is 0 Å². The van der Waals surface area contributed by atoms with Crippen molar-refractivity contribution in [1.29, 1.82) is 0 Å². The minimum Gasteiger partial charge on any atom is -0.494 e. The topological polar surface area (TPSA) is 9.23 Å². The molecule has 0 amide bonds. The van der Waals surface area contributed by atoms with Crippen LogP contribution in [0.25, 0.3) is 0 Å². The molecule has 0 aliphatic heterocycles. The van der Waals surface area contributed by atoms with E-state index in [1.807, 2.05) is 0 Å². The molecule has 1 aromatic rings. The fourth-order valence-electron chi connectivity index (χ4n) is 1.78. The minimum absolute atomic E-state index is 0.170. The van der Waals surface area contributed by atoms with Crippen LogP contribution < -0.4 is 4.74 Å². The van der Waals surface area contributed by atoms with Gasteiger partial charge >= 0.3 is 0 Å². The summed E-state index contributed by atoms with van der Waals surface area (Å²) in [6, 6.07) is 4.91. The molecule has 0 atom stereocenters. The largest absolute Gasteiger partial charge is 0.494 e. The zero-order valence-corrected chi connectivity index (χ0v) is 11.0. The first-order valence-electron chi connectivity index (χ1n) is 6.63. The van der Waals surface area contributed by atoms with Gasteiger partial charge < -0.3 is 4.74 Å². The van der Waals surface area contributed by atoms with E-state index in [0.29, 0.717) is 5.56 Å². The standard InChI is InChI=1S/C15H23FO/c1-3-4-5-6-7-8-11-17-14-9-10-15(16)13(2)12-14/h9-10,12H,3-8,11H2,1-2H3. The van der Waals surface area contributed by atoms with Crippen LogP contribution in [0.15, 0.2) is 18.2 Å². The Morgan fingerprint density at radius 2 is 1.76 bits per heavy atom. The molecular formula is C15H23FO. The van der Waals surface area contributed by atoms with Gasteiger partial charge in [-0.1, -0.05) is 39.0 Å². The Morgan fingerprint density at radius 3 is 2.47 bits per heavy atom. The normalized spacial score (nSPS) is 10.5. The highest BCUT2D eigenvalue weighted by Crippen LogP contribution is 2.16. The maximum absolute atomic E-state index is 13.0. The lowest BCUT2D eigenvalue weighted by Gasteiger charge is -2.07. The zero-order valence-electron chi connectivity index (χ0n) is 11.0. The van der Waals surface area contributed by atoms with Crippen molar-refractivity contribution in [3.63, 3.8) is 0 Å². The van der Waals surface area contributed by atoms with Crippen LogP contribution in [-0.2, 0) is 0 Å². The van der Waals surface area contributed by atoms with E-state index in [2.05, 4.69) is 6.92 Å². The van der Waals surface area contributed by atoms with Crippen LogP contribution in [0.4, 0.5) is 4.39 Å². The number of ether oxygens (including phenoxy) is 1. The molecule has 96 valence electrons. The number of benzene rings is 1. The monoisotopic (exact) mass is 238 g/mol. The van der Waals surface area contributed by atoms with Crippen molar-refractivity contribution in [2.75, 3.05) is 6.61 Å². The number of hydrogen-bond donors (Lipinski definition) is 0. The Morgan fingerprint density at radius 1 is 1.06 bits per heavy atom. The fraction of sp³-hybridized carbons (Fsp3) is 0.600. The summed E-state index contributed by atoms with van der Waals surface area (Å²) in [5.74, 6) is 0.606. The first kappa shape index (κ1) is 14.0. The van der Waals surface area contributed by atoms with Gasteiger partial charge in [-0.05, 0) is 37.1 Å². The van der Waals surface area contributed by atoms with Gasteiger partial charge in [-0.25, -0.2) is 4.39 Å². The van der Waals surface area contributed by atoms with Crippen molar-refractivity contribution < 1.29 is 9.13 Å². The molecule has 0 N–H and O–H groups in total. The summed E-state index contributed by atoms with van der Waals surface area (Å²) in [6.45, 7) is 4.71. The summed E-state index contributed by atoms with van der Waals surface area (Å²) in [5.41, 5.74) is 0.644. The first-order valence-corrected chi connectivity index (χ1v) is 6.63. The van der Waals surface area contributed by atoms with Gasteiger partial charge in [0.05, 0.1) is 6.61 Å². The summed E-state index contributed by atoms with van der Waals surface area (Å²) >= 11 is 0. The summed E-state index contributed by atoms with van der Waals surface area (Å²) in [4.78, 5) is 0. The Balaban J connectivity index is 2.11. The van der Waals surface area contributed by atoms with E-state index in [-0.39, 0.29) is 5.82 Å². The molecule has 1 rings (SSSR count). The van der Waals surface area contributed by atoms with Crippen molar-refractivity contribution in [3.8, 4) is 5.75 Å². The Kier molecular flexibility index (Phi) is 6.68. The third-order valence-electron chi connectivity index (χ3n) is 2.90. The van der Waals surface area contributed by atoms with Gasteiger partial charge in [-0.2, -0.15) is 0 Å². The highest BCUT2D eigenvalue weighted by atomic mass is 19.1. The summed E-state index contributed by atoms with van der Waals surface area (Å²) < 4.78 is 18.6. The maximum atomic E-state index is 13.0. The van der Waals surface area contributed by atoms with E-state index < -0.39 is 0 Å². The summed E-state index contributed by atoms with van der Waals surface area (Å²) in [7, 11) is 0. The number of halogens is 1. The molecule has 2 heteroatoms. The van der Waals surface area contributed by atoms with Crippen LogP contribution >= 0.6 is 0 Å². The summed E-state index contributed by atoms with van der Waals surface area (Å²) in [6.07, 6.45) is 7.54. The van der Waals surface area contributed by atoms with Crippen LogP contribution in [-0.4, -0.2) is 6.61 Å². The number of aryl methyl sites for hydroxylation is 1. The predicted molar refractivity (Wildman–Crippen MR) is 70.0 cm³/mol. The third-order valence-corrected chi connectivity index (χ3v) is 2.90. The molecule has 0 radical (unpaired) electrons. The fourth-order valence-corrected chi connectivity index (χ4v) is 1.78. The molecule has 0 fully saturated rings. The number of rotatable bonds is 8. The van der Waals surface area contributed by atoms with E-state index in [0.717, 1.165) is 18.8 Å². The number of hydrogen-bond acceptors (Lipinski definition) is 1. The molecule has 0 saturated heterocycles. The van der Waals surface area contributed by atoms with Crippen LogP contribution in [0.5, 0.6) is 5.75 Å². The second kappa shape index (κ2) is 8.10. The van der Waals surface area contributed by atoms with E-state index in [1.54, 1.807) is 19.1 Å². The van der Waals surface area contributed by atoms with Crippen molar-refractivity contribution >= 4 is 0 Å². The van der Waals surface area contributed by atoms with Gasteiger partial charge in [0.15, 0.2) is 0 Å². The first-order chi connectivity index (χ1) is 8.24. The Labute approximate surface area is 104 Å². The van der Waals surface area contributed by atoms with E-state index in [9.17, 15) is 4.39 Å². The highest BCUT2D eigenvalue weighted by molar-refractivity contribution is 5.28. The SMILES string of the molecule is CCCCCCCCOc1ccc(F)c(C)c1. The minimum atomic E-state index is -0.170. The lowest BCUT2D eigenvalue weighted by Crippen LogP contribution is -1.98. The molecule has 0 heterocycles. The maximum Gasteiger partial charge on any atom is 0.126 e. The molecule has 0 aliphatic carbocycles. The molecule has 0 saturated carbocycles. The molecule has 1 nitrogen and oxygen atoms in total. The van der Waals surface area contributed by atoms with Gasteiger partial charge in [-0.15, -0.1) is 0 Å². The molecule has 0 aliphatic rings. The highest BCUT2D eigenvalue weighted by Gasteiger charge is 1.99. The lowest BCUT2D eigenvalue weighted by molar-refractivity contribution is 0.303. The van der Waals surface area contributed by atoms with Gasteiger partial charge in [0, 0.05) is 0 Å². The van der Waals surface area contributed by atoms with Crippen LogP contribution in [0.2, 0.25) is 0 Å². The second-order valence-corrected chi connectivity index (χ2v) is 4.53. The van der Waals surface area contributed by atoms with E-state index in [4.69, 9.17) is 4.74 Å². The average Bonchev–Trinajstić information content (AvgIpc) is 2.32. The zero-order chi connectivity index (χ0) is 12.5. The lowest BCUT2D eigenvalue weighted by atomic mass is 10.1. The van der Waals surface area contributed by atoms with Crippen LogP contribution in [0, 0.1) is 12.7 Å². The Bertz CT molecular complexity index is 323. The number of unbranched alkanes of at least 4 members (excludes halogenated alkanes) is 5. The third kappa shape index (κ3) is 5.71. The van der Waals surface area contributed by atoms with Crippen LogP contribution in [0.1, 0.15) is 51.0 Å². The molecule has 0 aromatic heterocycles. The molecule has 1 aromatic carbocycles. The molecule has 0 bridgehead atoms. The smallest absolute Gasteiger partial charge is 0.126 e. The predicted octanol–water partition coefficient (Wildman–Crippen LogP) is 4.87. The Hall–Kier alpha value is -1.05. The van der Waals surface area contributed by atoms with Gasteiger partial charge in [0.25, 0.3) is 0 Å². The molecular weight excluding hydrogens is 215 g/mol. The van der Waals surface area contributed by atoms with Crippen molar-refractivity contribution in [2.45, 2.75) is 52.4 Å². The summed E-state index contributed by atoms with van der Waals surface area (Å²) in [5, 5.41) is 0. The van der Waals surface area contributed by atoms with Crippen LogP contribution in [0.3, 0.4) is 0 Å². The second-order valence-electron chi connectivity index (χ2n) is 4.53. The van der Waals surface area contributed by atoms with Crippen molar-refractivity contribution in [2.24, 2.45) is 0 Å². The average molecular weight is 238 g/mol. The quantitative estimate of drug-likeness (QED) is 0.587. The van der Waals surface area contributed by atoms with Gasteiger partial charge in [0.2, 0.25) is 0 Å². The van der Waals surface area contributed by atoms with E-state index >= 15 is 0 Å². The van der Waals surface area contributed by atoms with Gasteiger partial charge in [0.1, 0.15) is 11.6 Å². The molecule has 17 heavy (non-hydrogen) atoms. The van der Waals surface area contributed by atoms with E-state index in [1.165, 1.54) is 38.2 Å². The molecule has 0 unspecified atom stereocenters. The van der Waals surface area contributed by atoms with Crippen molar-refractivity contribution in [1.82, 2.24) is 0 Å². The van der Waals surface area contributed by atoms with Crippen molar-refractivity contribution in [3.05, 3.63) is 29.6 Å².